The van der Waals surface area contributed by atoms with Crippen LogP contribution in [0.3, 0.4) is 0 Å². The van der Waals surface area contributed by atoms with Gasteiger partial charge in [-0.3, -0.25) is 4.21 Å². The van der Waals surface area contributed by atoms with Crippen LogP contribution in [0.15, 0.2) is 12.4 Å². The Bertz CT molecular complexity index is 333. The fourth-order valence-corrected chi connectivity index (χ4v) is 1.60. The number of nitrogens with zero attached hydrogens (tertiary/aromatic N) is 2. The molecule has 0 saturated carbocycles. The summed E-state index contributed by atoms with van der Waals surface area (Å²) >= 11 is 0. The van der Waals surface area contributed by atoms with E-state index in [9.17, 15) is 4.21 Å². The first kappa shape index (κ1) is 11.9. The van der Waals surface area contributed by atoms with E-state index < -0.39 is 10.8 Å². The standard InChI is InChI=1S/C9H15N3O2S/c1-3-15(13)5-4-10-8-6-9(14-2)12-7-11-8/h6-7H,3-5H2,1-2H3,(H,10,11,12). The minimum atomic E-state index is -0.745. The molecule has 15 heavy (non-hydrogen) atoms. The molecule has 0 fully saturated rings. The Morgan fingerprint density at radius 2 is 2.33 bits per heavy atom. The van der Waals surface area contributed by atoms with E-state index in [-0.39, 0.29) is 0 Å². The minimum Gasteiger partial charge on any atom is -0.481 e. The van der Waals surface area contributed by atoms with Crippen LogP contribution >= 0.6 is 0 Å². The molecule has 1 atom stereocenters. The summed E-state index contributed by atoms with van der Waals surface area (Å²) in [6.45, 7) is 2.55. The van der Waals surface area contributed by atoms with E-state index in [0.29, 0.717) is 29.7 Å². The number of hydrogen-bond acceptors (Lipinski definition) is 5. The van der Waals surface area contributed by atoms with Gasteiger partial charge in [0.05, 0.1) is 7.11 Å². The molecule has 0 aliphatic heterocycles. The third kappa shape index (κ3) is 4.24. The largest absolute Gasteiger partial charge is 0.481 e. The summed E-state index contributed by atoms with van der Waals surface area (Å²) in [6.07, 6.45) is 1.43. The molecule has 1 aromatic heterocycles. The highest BCUT2D eigenvalue weighted by molar-refractivity contribution is 7.84. The number of rotatable bonds is 6. The lowest BCUT2D eigenvalue weighted by Gasteiger charge is -2.05. The zero-order chi connectivity index (χ0) is 11.1. The maximum atomic E-state index is 11.1. The van der Waals surface area contributed by atoms with Gasteiger partial charge in [-0.1, -0.05) is 6.92 Å². The molecule has 0 bridgehead atoms. The lowest BCUT2D eigenvalue weighted by Crippen LogP contribution is -2.12. The number of aromatic nitrogens is 2. The van der Waals surface area contributed by atoms with E-state index in [0.717, 1.165) is 0 Å². The number of anilines is 1. The Labute approximate surface area is 91.7 Å². The molecule has 5 nitrogen and oxygen atoms in total. The van der Waals surface area contributed by atoms with Gasteiger partial charge < -0.3 is 10.1 Å². The van der Waals surface area contributed by atoms with Crippen LogP contribution in [-0.2, 0) is 10.8 Å². The van der Waals surface area contributed by atoms with Gasteiger partial charge in [0.15, 0.2) is 0 Å². The van der Waals surface area contributed by atoms with Gasteiger partial charge in [0, 0.05) is 34.9 Å². The molecule has 6 heteroatoms. The number of methoxy groups -OCH3 is 1. The Morgan fingerprint density at radius 3 is 3.00 bits per heavy atom. The summed E-state index contributed by atoms with van der Waals surface area (Å²) in [7, 11) is 0.809. The van der Waals surface area contributed by atoms with E-state index >= 15 is 0 Å². The van der Waals surface area contributed by atoms with Crippen LogP contribution in [0.4, 0.5) is 5.82 Å². The van der Waals surface area contributed by atoms with Crippen LogP contribution < -0.4 is 10.1 Å². The lowest BCUT2D eigenvalue weighted by atomic mass is 10.5. The van der Waals surface area contributed by atoms with Crippen molar-refractivity contribution >= 4 is 16.6 Å². The molecular formula is C9H15N3O2S. The van der Waals surface area contributed by atoms with Gasteiger partial charge in [-0.15, -0.1) is 0 Å². The van der Waals surface area contributed by atoms with Crippen LogP contribution in [0.1, 0.15) is 6.92 Å². The van der Waals surface area contributed by atoms with Crippen molar-refractivity contribution in [1.29, 1.82) is 0 Å². The molecule has 0 amide bonds. The van der Waals surface area contributed by atoms with E-state index in [1.54, 1.807) is 13.2 Å². The van der Waals surface area contributed by atoms with Gasteiger partial charge in [-0.05, 0) is 0 Å². The minimum absolute atomic E-state index is 0.518. The first-order valence-corrected chi connectivity index (χ1v) is 6.20. The normalized spacial score (nSPS) is 12.1. The summed E-state index contributed by atoms with van der Waals surface area (Å²) in [4.78, 5) is 7.89. The van der Waals surface area contributed by atoms with E-state index in [1.165, 1.54) is 6.33 Å². The Hall–Kier alpha value is -1.17. The first-order chi connectivity index (χ1) is 7.26. The van der Waals surface area contributed by atoms with E-state index in [4.69, 9.17) is 4.74 Å². The first-order valence-electron chi connectivity index (χ1n) is 4.71. The molecule has 0 saturated heterocycles. The zero-order valence-corrected chi connectivity index (χ0v) is 9.71. The highest BCUT2D eigenvalue weighted by Gasteiger charge is 1.99. The maximum absolute atomic E-state index is 11.1. The van der Waals surface area contributed by atoms with E-state index in [2.05, 4.69) is 15.3 Å². The van der Waals surface area contributed by atoms with Gasteiger partial charge in [-0.25, -0.2) is 9.97 Å². The van der Waals surface area contributed by atoms with Crippen molar-refractivity contribution in [3.8, 4) is 5.88 Å². The van der Waals surface area contributed by atoms with Gasteiger partial charge in [0.25, 0.3) is 0 Å². The predicted molar refractivity (Wildman–Crippen MR) is 60.6 cm³/mol. The Balaban J connectivity index is 2.40. The van der Waals surface area contributed by atoms with Gasteiger partial charge in [0.2, 0.25) is 5.88 Å². The van der Waals surface area contributed by atoms with Crippen molar-refractivity contribution in [1.82, 2.24) is 9.97 Å². The average molecular weight is 229 g/mol. The summed E-state index contributed by atoms with van der Waals surface area (Å²) in [5.74, 6) is 2.52. The summed E-state index contributed by atoms with van der Waals surface area (Å²) in [5, 5.41) is 3.06. The van der Waals surface area contributed by atoms with Crippen molar-refractivity contribution in [2.75, 3.05) is 30.5 Å². The molecule has 0 aliphatic carbocycles. The van der Waals surface area contributed by atoms with Crippen molar-refractivity contribution in [3.05, 3.63) is 12.4 Å². The van der Waals surface area contributed by atoms with Crippen LogP contribution in [0.5, 0.6) is 5.88 Å². The van der Waals surface area contributed by atoms with Crippen molar-refractivity contribution < 1.29 is 8.95 Å². The van der Waals surface area contributed by atoms with Crippen LogP contribution in [0.2, 0.25) is 0 Å². The summed E-state index contributed by atoms with van der Waals surface area (Å²) < 4.78 is 16.1. The lowest BCUT2D eigenvalue weighted by molar-refractivity contribution is 0.397. The van der Waals surface area contributed by atoms with Gasteiger partial charge in [0.1, 0.15) is 12.1 Å². The number of hydrogen-bond donors (Lipinski definition) is 1. The second-order valence-corrected chi connectivity index (χ2v) is 4.67. The molecule has 84 valence electrons. The smallest absolute Gasteiger partial charge is 0.218 e. The van der Waals surface area contributed by atoms with Gasteiger partial charge in [-0.2, -0.15) is 0 Å². The molecule has 0 aliphatic rings. The van der Waals surface area contributed by atoms with Crippen LogP contribution in [0, 0.1) is 0 Å². The fourth-order valence-electron chi connectivity index (χ4n) is 0.985. The highest BCUT2D eigenvalue weighted by atomic mass is 32.2. The number of nitrogens with one attached hydrogen (secondary N) is 1. The monoisotopic (exact) mass is 229 g/mol. The van der Waals surface area contributed by atoms with Crippen molar-refractivity contribution in [2.24, 2.45) is 0 Å². The highest BCUT2D eigenvalue weighted by Crippen LogP contribution is 2.09. The molecule has 0 spiro atoms. The van der Waals surface area contributed by atoms with Crippen molar-refractivity contribution in [3.63, 3.8) is 0 Å². The SMILES string of the molecule is CCS(=O)CCNc1cc(OC)ncn1. The molecule has 1 N–H and O–H groups in total. The Kier molecular flexibility index (Phi) is 5.03. The maximum Gasteiger partial charge on any atom is 0.218 e. The Morgan fingerprint density at radius 1 is 1.53 bits per heavy atom. The third-order valence-electron chi connectivity index (χ3n) is 1.81. The predicted octanol–water partition coefficient (Wildman–Crippen LogP) is 0.666. The van der Waals surface area contributed by atoms with Gasteiger partial charge >= 0.3 is 0 Å². The topological polar surface area (TPSA) is 64.1 Å². The molecule has 0 radical (unpaired) electrons. The quantitative estimate of drug-likeness (QED) is 0.776. The van der Waals surface area contributed by atoms with Crippen LogP contribution in [-0.4, -0.2) is 39.3 Å². The molecular weight excluding hydrogens is 214 g/mol. The van der Waals surface area contributed by atoms with E-state index in [1.807, 2.05) is 6.92 Å². The summed E-state index contributed by atoms with van der Waals surface area (Å²) in [5.41, 5.74) is 0. The molecule has 1 heterocycles. The van der Waals surface area contributed by atoms with Crippen LogP contribution in [0.25, 0.3) is 0 Å². The number of ether oxygens (including phenoxy) is 1. The zero-order valence-electron chi connectivity index (χ0n) is 8.90. The van der Waals surface area contributed by atoms with Crippen molar-refractivity contribution in [2.45, 2.75) is 6.92 Å². The second kappa shape index (κ2) is 6.34. The molecule has 1 rings (SSSR count). The molecule has 0 aromatic carbocycles. The fraction of sp³-hybridized carbons (Fsp3) is 0.556. The molecule has 1 unspecified atom stereocenters. The molecule has 1 aromatic rings. The third-order valence-corrected chi connectivity index (χ3v) is 3.11. The average Bonchev–Trinajstić information content (AvgIpc) is 2.29. The second-order valence-electron chi connectivity index (χ2n) is 2.81. The summed E-state index contributed by atoms with van der Waals surface area (Å²) in [6, 6.07) is 1.70.